The molecule has 17 heavy (non-hydrogen) atoms. The van der Waals surface area contributed by atoms with Gasteiger partial charge in [0.05, 0.1) is 6.54 Å². The Morgan fingerprint density at radius 3 is 2.29 bits per heavy atom. The number of guanidine groups is 1. The lowest BCUT2D eigenvalue weighted by Gasteiger charge is -2.24. The van der Waals surface area contributed by atoms with E-state index in [9.17, 15) is 0 Å². The lowest BCUT2D eigenvalue weighted by molar-refractivity contribution is 0.253. The number of rotatable bonds is 6. The first-order chi connectivity index (χ1) is 7.60. The zero-order chi connectivity index (χ0) is 12.1. The first-order valence-electron chi connectivity index (χ1n) is 6.36. The minimum Gasteiger partial charge on any atom is -0.370 e. The van der Waals surface area contributed by atoms with E-state index < -0.39 is 0 Å². The molecule has 1 saturated carbocycles. The summed E-state index contributed by atoms with van der Waals surface area (Å²) >= 11 is 0. The second-order valence-electron chi connectivity index (χ2n) is 4.62. The molecule has 0 aromatic rings. The van der Waals surface area contributed by atoms with Crippen molar-refractivity contribution in [2.75, 3.05) is 26.7 Å². The number of nitrogens with zero attached hydrogens (tertiary/aromatic N) is 3. The summed E-state index contributed by atoms with van der Waals surface area (Å²) in [7, 11) is 2.19. The third-order valence-corrected chi connectivity index (χ3v) is 3.42. The number of hydrogen-bond acceptors (Lipinski definition) is 2. The zero-order valence-corrected chi connectivity index (χ0v) is 13.8. The van der Waals surface area contributed by atoms with Crippen molar-refractivity contribution >= 4 is 29.9 Å². The van der Waals surface area contributed by atoms with Gasteiger partial charge in [-0.2, -0.15) is 0 Å². The second kappa shape index (κ2) is 8.13. The highest BCUT2D eigenvalue weighted by molar-refractivity contribution is 14.0. The van der Waals surface area contributed by atoms with Crippen molar-refractivity contribution in [1.82, 2.24) is 9.80 Å². The molecule has 2 N–H and O–H groups in total. The normalized spacial score (nSPS) is 17.8. The van der Waals surface area contributed by atoms with Gasteiger partial charge in [0.2, 0.25) is 0 Å². The number of aliphatic imine (C=N–C) groups is 1. The molecule has 0 aliphatic heterocycles. The van der Waals surface area contributed by atoms with Crippen molar-refractivity contribution in [1.29, 1.82) is 0 Å². The molecule has 1 unspecified atom stereocenters. The van der Waals surface area contributed by atoms with Crippen molar-refractivity contribution in [3.63, 3.8) is 0 Å². The topological polar surface area (TPSA) is 44.9 Å². The molecule has 1 rings (SSSR count). The van der Waals surface area contributed by atoms with Crippen molar-refractivity contribution in [3.05, 3.63) is 0 Å². The third kappa shape index (κ3) is 5.42. The molecule has 0 heterocycles. The van der Waals surface area contributed by atoms with Gasteiger partial charge >= 0.3 is 0 Å². The van der Waals surface area contributed by atoms with Gasteiger partial charge in [-0.3, -0.25) is 9.89 Å². The van der Waals surface area contributed by atoms with Gasteiger partial charge in [-0.05, 0) is 40.7 Å². The molecule has 0 aromatic carbocycles. The highest BCUT2D eigenvalue weighted by Gasteiger charge is 2.28. The van der Waals surface area contributed by atoms with Gasteiger partial charge in [-0.15, -0.1) is 24.0 Å². The van der Waals surface area contributed by atoms with Gasteiger partial charge < -0.3 is 10.6 Å². The first-order valence-corrected chi connectivity index (χ1v) is 6.36. The van der Waals surface area contributed by atoms with Crippen LogP contribution in [0.25, 0.3) is 0 Å². The van der Waals surface area contributed by atoms with E-state index in [1.165, 1.54) is 12.8 Å². The highest BCUT2D eigenvalue weighted by Crippen LogP contribution is 2.26. The van der Waals surface area contributed by atoms with Crippen LogP contribution in [-0.4, -0.2) is 54.5 Å². The van der Waals surface area contributed by atoms with E-state index in [2.05, 4.69) is 42.6 Å². The lowest BCUT2D eigenvalue weighted by atomic mass is 10.3. The van der Waals surface area contributed by atoms with Crippen molar-refractivity contribution < 1.29 is 0 Å². The molecule has 1 aliphatic rings. The number of likely N-dealkylation sites (N-methyl/N-ethyl adjacent to an activating group) is 1. The summed E-state index contributed by atoms with van der Waals surface area (Å²) in [6.45, 7) is 9.08. The Morgan fingerprint density at radius 2 is 1.88 bits per heavy atom. The third-order valence-electron chi connectivity index (χ3n) is 3.42. The molecule has 1 atom stereocenters. The van der Waals surface area contributed by atoms with Gasteiger partial charge in [-0.25, -0.2) is 0 Å². The molecular formula is C12H27IN4. The molecule has 0 aromatic heterocycles. The monoisotopic (exact) mass is 354 g/mol. The van der Waals surface area contributed by atoms with Crippen LogP contribution in [0.5, 0.6) is 0 Å². The lowest BCUT2D eigenvalue weighted by Crippen LogP contribution is -2.39. The molecule has 0 spiro atoms. The molecule has 0 amide bonds. The van der Waals surface area contributed by atoms with Gasteiger partial charge in [-0.1, -0.05) is 0 Å². The molecule has 0 radical (unpaired) electrons. The standard InChI is InChI=1S/C12H26N4.HI/c1-5-16(6-2)12(13)14-9-10(3)15(4)11-7-8-11;/h10-11H,5-9H2,1-4H3,(H2,13,14);1H. The number of hydrogen-bond donors (Lipinski definition) is 1. The minimum absolute atomic E-state index is 0. The summed E-state index contributed by atoms with van der Waals surface area (Å²) in [6.07, 6.45) is 2.69. The average molecular weight is 354 g/mol. The van der Waals surface area contributed by atoms with Crippen LogP contribution < -0.4 is 5.73 Å². The molecule has 4 nitrogen and oxygen atoms in total. The van der Waals surface area contributed by atoms with E-state index in [1.807, 2.05) is 0 Å². The van der Waals surface area contributed by atoms with Crippen molar-refractivity contribution in [2.45, 2.75) is 45.7 Å². The first kappa shape index (κ1) is 17.0. The summed E-state index contributed by atoms with van der Waals surface area (Å²) in [5.41, 5.74) is 5.94. The summed E-state index contributed by atoms with van der Waals surface area (Å²) in [4.78, 5) is 8.98. The van der Waals surface area contributed by atoms with E-state index >= 15 is 0 Å². The molecule has 5 heteroatoms. The van der Waals surface area contributed by atoms with E-state index in [0.717, 1.165) is 25.7 Å². The predicted octanol–water partition coefficient (Wildman–Crippen LogP) is 1.74. The maximum Gasteiger partial charge on any atom is 0.191 e. The van der Waals surface area contributed by atoms with Crippen LogP contribution >= 0.6 is 24.0 Å². The van der Waals surface area contributed by atoms with Crippen LogP contribution in [0, 0.1) is 0 Å². The Bertz CT molecular complexity index is 237. The van der Waals surface area contributed by atoms with Crippen LogP contribution in [0.15, 0.2) is 4.99 Å². The van der Waals surface area contributed by atoms with Gasteiger partial charge in [0.15, 0.2) is 5.96 Å². The second-order valence-corrected chi connectivity index (χ2v) is 4.62. The van der Waals surface area contributed by atoms with Gasteiger partial charge in [0.1, 0.15) is 0 Å². The van der Waals surface area contributed by atoms with Crippen LogP contribution in [0.3, 0.4) is 0 Å². The quantitative estimate of drug-likeness (QED) is 0.449. The minimum atomic E-state index is 0. The summed E-state index contributed by atoms with van der Waals surface area (Å²) in [5, 5.41) is 0. The van der Waals surface area contributed by atoms with Crippen molar-refractivity contribution in [3.8, 4) is 0 Å². The van der Waals surface area contributed by atoms with E-state index in [-0.39, 0.29) is 24.0 Å². The van der Waals surface area contributed by atoms with E-state index in [0.29, 0.717) is 12.0 Å². The van der Waals surface area contributed by atoms with Crippen LogP contribution in [-0.2, 0) is 0 Å². The Labute approximate surface area is 123 Å². The predicted molar refractivity (Wildman–Crippen MR) is 85.1 cm³/mol. The SMILES string of the molecule is CCN(CC)C(N)=NCC(C)N(C)C1CC1.I. The fraction of sp³-hybridized carbons (Fsp3) is 0.917. The Kier molecular flexibility index (Phi) is 8.11. The molecular weight excluding hydrogens is 327 g/mol. The summed E-state index contributed by atoms with van der Waals surface area (Å²) in [5.74, 6) is 0.682. The maximum atomic E-state index is 5.94. The Balaban J connectivity index is 0.00000256. The zero-order valence-electron chi connectivity index (χ0n) is 11.5. The van der Waals surface area contributed by atoms with Gasteiger partial charge in [0, 0.05) is 25.2 Å². The smallest absolute Gasteiger partial charge is 0.191 e. The molecule has 0 bridgehead atoms. The molecule has 1 fully saturated rings. The van der Waals surface area contributed by atoms with Crippen LogP contribution in [0.2, 0.25) is 0 Å². The average Bonchev–Trinajstić information content (AvgIpc) is 3.10. The molecule has 1 aliphatic carbocycles. The largest absolute Gasteiger partial charge is 0.370 e. The van der Waals surface area contributed by atoms with Crippen molar-refractivity contribution in [2.24, 2.45) is 10.7 Å². The Hall–Kier alpha value is -0.0400. The van der Waals surface area contributed by atoms with Crippen LogP contribution in [0.1, 0.15) is 33.6 Å². The fourth-order valence-corrected chi connectivity index (χ4v) is 1.84. The number of halogens is 1. The molecule has 0 saturated heterocycles. The summed E-state index contributed by atoms with van der Waals surface area (Å²) < 4.78 is 0. The highest BCUT2D eigenvalue weighted by atomic mass is 127. The number of nitrogens with two attached hydrogens (primary N) is 1. The molecule has 102 valence electrons. The summed E-state index contributed by atoms with van der Waals surface area (Å²) in [6, 6.07) is 1.28. The van der Waals surface area contributed by atoms with E-state index in [1.54, 1.807) is 0 Å². The fourth-order valence-electron chi connectivity index (χ4n) is 1.84. The van der Waals surface area contributed by atoms with Crippen LogP contribution in [0.4, 0.5) is 0 Å². The van der Waals surface area contributed by atoms with E-state index in [4.69, 9.17) is 5.73 Å². The van der Waals surface area contributed by atoms with Gasteiger partial charge in [0.25, 0.3) is 0 Å². The Morgan fingerprint density at radius 1 is 1.35 bits per heavy atom. The maximum absolute atomic E-state index is 5.94.